The van der Waals surface area contributed by atoms with E-state index in [1.807, 2.05) is 0 Å². The molecule has 2 aliphatic rings. The molecule has 0 aromatic carbocycles. The summed E-state index contributed by atoms with van der Waals surface area (Å²) in [6, 6.07) is 0.0185. The highest BCUT2D eigenvalue weighted by Gasteiger charge is 2.41. The van der Waals surface area contributed by atoms with E-state index in [1.54, 1.807) is 7.11 Å². The number of nitrogens with one attached hydrogen (secondary N) is 2. The largest absolute Gasteiger partial charge is 0.383 e. The molecule has 1 unspecified atom stereocenters. The van der Waals surface area contributed by atoms with Gasteiger partial charge in [0.1, 0.15) is 0 Å². The number of methoxy groups -OCH3 is 1. The van der Waals surface area contributed by atoms with Gasteiger partial charge in [-0.15, -0.1) is 12.4 Å². The highest BCUT2D eigenvalue weighted by Crippen LogP contribution is 2.42. The minimum absolute atomic E-state index is 0. The monoisotopic (exact) mass is 276 g/mol. The molecule has 2 N–H and O–H groups in total. The first-order valence-electron chi connectivity index (χ1n) is 6.76. The van der Waals surface area contributed by atoms with E-state index in [2.05, 4.69) is 10.6 Å². The lowest BCUT2D eigenvalue weighted by Gasteiger charge is -2.32. The summed E-state index contributed by atoms with van der Waals surface area (Å²) in [4.78, 5) is 11.9. The van der Waals surface area contributed by atoms with Crippen LogP contribution in [0.3, 0.4) is 0 Å². The Morgan fingerprint density at radius 1 is 1.39 bits per heavy atom. The van der Waals surface area contributed by atoms with Gasteiger partial charge in [-0.3, -0.25) is 4.79 Å². The van der Waals surface area contributed by atoms with Crippen LogP contribution in [0.4, 0.5) is 0 Å². The fraction of sp³-hybridized carbons (Fsp3) is 0.923. The summed E-state index contributed by atoms with van der Waals surface area (Å²) in [7, 11) is 1.65. The molecule has 0 radical (unpaired) electrons. The first-order chi connectivity index (χ1) is 8.26. The lowest BCUT2D eigenvalue weighted by atomic mass is 9.72. The van der Waals surface area contributed by atoms with Crippen LogP contribution in [0.5, 0.6) is 0 Å². The lowest BCUT2D eigenvalue weighted by molar-refractivity contribution is -0.123. The third kappa shape index (κ3) is 3.84. The zero-order valence-electron chi connectivity index (χ0n) is 11.2. The average Bonchev–Trinajstić information content (AvgIpc) is 2.74. The molecule has 0 aromatic heterocycles. The molecule has 0 bridgehead atoms. The molecule has 1 amide bonds. The SMILES string of the molecule is COCCNC(=O)C1CC2(CCCCC2)CN1.Cl. The van der Waals surface area contributed by atoms with Crippen LogP contribution in [-0.4, -0.2) is 38.8 Å². The Hall–Kier alpha value is -0.320. The van der Waals surface area contributed by atoms with E-state index >= 15 is 0 Å². The molecule has 1 aliphatic heterocycles. The number of hydrogen-bond acceptors (Lipinski definition) is 3. The second-order valence-corrected chi connectivity index (χ2v) is 5.48. The third-order valence-electron chi connectivity index (χ3n) is 4.20. The quantitative estimate of drug-likeness (QED) is 0.765. The maximum atomic E-state index is 11.9. The van der Waals surface area contributed by atoms with Crippen molar-refractivity contribution in [3.63, 3.8) is 0 Å². The van der Waals surface area contributed by atoms with Crippen molar-refractivity contribution in [2.75, 3.05) is 26.8 Å². The van der Waals surface area contributed by atoms with Gasteiger partial charge in [0.05, 0.1) is 12.6 Å². The lowest BCUT2D eigenvalue weighted by Crippen LogP contribution is -2.41. The Bertz CT molecular complexity index is 268. The molecule has 1 saturated carbocycles. The van der Waals surface area contributed by atoms with Crippen molar-refractivity contribution in [2.24, 2.45) is 5.41 Å². The third-order valence-corrected chi connectivity index (χ3v) is 4.20. The molecule has 106 valence electrons. The number of halogens is 1. The molecule has 18 heavy (non-hydrogen) atoms. The number of ether oxygens (including phenoxy) is 1. The summed E-state index contributed by atoms with van der Waals surface area (Å²) >= 11 is 0. The van der Waals surface area contributed by atoms with E-state index in [1.165, 1.54) is 32.1 Å². The van der Waals surface area contributed by atoms with Gasteiger partial charge in [-0.05, 0) is 24.7 Å². The topological polar surface area (TPSA) is 50.4 Å². The van der Waals surface area contributed by atoms with Gasteiger partial charge in [0.2, 0.25) is 5.91 Å². The van der Waals surface area contributed by atoms with Gasteiger partial charge in [0.15, 0.2) is 0 Å². The zero-order valence-corrected chi connectivity index (χ0v) is 12.0. The van der Waals surface area contributed by atoms with Crippen LogP contribution in [-0.2, 0) is 9.53 Å². The van der Waals surface area contributed by atoms with Crippen molar-refractivity contribution >= 4 is 18.3 Å². The van der Waals surface area contributed by atoms with Gasteiger partial charge in [-0.25, -0.2) is 0 Å². The molecular formula is C13H25ClN2O2. The van der Waals surface area contributed by atoms with E-state index < -0.39 is 0 Å². The molecule has 2 fully saturated rings. The minimum atomic E-state index is 0. The Labute approximate surface area is 116 Å². The summed E-state index contributed by atoms with van der Waals surface area (Å²) in [5.74, 6) is 0.143. The standard InChI is InChI=1S/C13H24N2O2.ClH/c1-17-8-7-14-12(16)11-9-13(10-15-11)5-3-2-4-6-13;/h11,15H,2-10H2,1H3,(H,14,16);1H. The van der Waals surface area contributed by atoms with E-state index in [9.17, 15) is 4.79 Å². The van der Waals surface area contributed by atoms with Crippen LogP contribution < -0.4 is 10.6 Å². The summed E-state index contributed by atoms with van der Waals surface area (Å²) in [6.07, 6.45) is 7.64. The molecule has 1 atom stereocenters. The van der Waals surface area contributed by atoms with Crippen LogP contribution in [0.25, 0.3) is 0 Å². The highest BCUT2D eigenvalue weighted by atomic mass is 35.5. The number of carbonyl (C=O) groups excluding carboxylic acids is 1. The van der Waals surface area contributed by atoms with Crippen molar-refractivity contribution in [3.8, 4) is 0 Å². The fourth-order valence-corrected chi connectivity index (χ4v) is 3.18. The van der Waals surface area contributed by atoms with Gasteiger partial charge in [-0.2, -0.15) is 0 Å². The average molecular weight is 277 g/mol. The summed E-state index contributed by atoms with van der Waals surface area (Å²) in [5.41, 5.74) is 0.418. The number of hydrogen-bond donors (Lipinski definition) is 2. The van der Waals surface area contributed by atoms with Gasteiger partial charge < -0.3 is 15.4 Å². The van der Waals surface area contributed by atoms with E-state index in [-0.39, 0.29) is 24.4 Å². The molecule has 5 heteroatoms. The van der Waals surface area contributed by atoms with Crippen LogP contribution in [0.1, 0.15) is 38.5 Å². The maximum Gasteiger partial charge on any atom is 0.237 e. The molecule has 2 rings (SSSR count). The molecule has 1 spiro atoms. The van der Waals surface area contributed by atoms with Crippen molar-refractivity contribution in [1.82, 2.24) is 10.6 Å². The van der Waals surface area contributed by atoms with Gasteiger partial charge in [0, 0.05) is 20.2 Å². The fourth-order valence-electron chi connectivity index (χ4n) is 3.18. The Morgan fingerprint density at radius 2 is 2.11 bits per heavy atom. The molecule has 0 aromatic rings. The second kappa shape index (κ2) is 7.31. The van der Waals surface area contributed by atoms with E-state index in [0.717, 1.165) is 13.0 Å². The van der Waals surface area contributed by atoms with E-state index in [4.69, 9.17) is 4.74 Å². The van der Waals surface area contributed by atoms with Crippen LogP contribution >= 0.6 is 12.4 Å². The number of amides is 1. The van der Waals surface area contributed by atoms with Crippen molar-refractivity contribution in [1.29, 1.82) is 0 Å². The summed E-state index contributed by atoms with van der Waals surface area (Å²) < 4.78 is 4.93. The Morgan fingerprint density at radius 3 is 2.78 bits per heavy atom. The second-order valence-electron chi connectivity index (χ2n) is 5.48. The van der Waals surface area contributed by atoms with Crippen molar-refractivity contribution < 1.29 is 9.53 Å². The first-order valence-corrected chi connectivity index (χ1v) is 6.76. The molecule has 4 nitrogen and oxygen atoms in total. The van der Waals surface area contributed by atoms with Crippen molar-refractivity contribution in [2.45, 2.75) is 44.6 Å². The summed E-state index contributed by atoms with van der Waals surface area (Å²) in [5, 5.41) is 6.31. The first kappa shape index (κ1) is 15.7. The molecule has 1 aliphatic carbocycles. The van der Waals surface area contributed by atoms with Crippen LogP contribution in [0.2, 0.25) is 0 Å². The predicted molar refractivity (Wildman–Crippen MR) is 74.1 cm³/mol. The van der Waals surface area contributed by atoms with Crippen molar-refractivity contribution in [3.05, 3.63) is 0 Å². The number of carbonyl (C=O) groups is 1. The predicted octanol–water partition coefficient (Wildman–Crippen LogP) is 1.48. The smallest absolute Gasteiger partial charge is 0.237 e. The van der Waals surface area contributed by atoms with E-state index in [0.29, 0.717) is 18.6 Å². The van der Waals surface area contributed by atoms with Crippen LogP contribution in [0, 0.1) is 5.41 Å². The normalized spacial score (nSPS) is 25.7. The number of rotatable bonds is 4. The van der Waals surface area contributed by atoms with Gasteiger partial charge in [-0.1, -0.05) is 19.3 Å². The molecule has 1 heterocycles. The zero-order chi connectivity index (χ0) is 12.1. The Kier molecular flexibility index (Phi) is 6.39. The van der Waals surface area contributed by atoms with Gasteiger partial charge in [0.25, 0.3) is 0 Å². The summed E-state index contributed by atoms with van der Waals surface area (Å²) in [6.45, 7) is 2.22. The van der Waals surface area contributed by atoms with Gasteiger partial charge >= 0.3 is 0 Å². The highest BCUT2D eigenvalue weighted by molar-refractivity contribution is 5.85. The Balaban J connectivity index is 0.00000162. The van der Waals surface area contributed by atoms with Crippen LogP contribution in [0.15, 0.2) is 0 Å². The molecular weight excluding hydrogens is 252 g/mol. The molecule has 1 saturated heterocycles. The minimum Gasteiger partial charge on any atom is -0.383 e. The maximum absolute atomic E-state index is 11.9.